The van der Waals surface area contributed by atoms with Crippen LogP contribution in [0.1, 0.15) is 5.56 Å². The average molecular weight is 274 g/mol. The lowest BCUT2D eigenvalue weighted by molar-refractivity contribution is 0.788. The highest BCUT2D eigenvalue weighted by molar-refractivity contribution is 5.83. The van der Waals surface area contributed by atoms with Crippen LogP contribution in [0, 0.1) is 0 Å². The van der Waals surface area contributed by atoms with Crippen molar-refractivity contribution in [2.24, 2.45) is 0 Å². The molecule has 0 aliphatic rings. The van der Waals surface area contributed by atoms with E-state index >= 15 is 0 Å². The third kappa shape index (κ3) is 2.03. The first-order chi connectivity index (χ1) is 10.3. The molecule has 0 bridgehead atoms. The molecule has 1 heterocycles. The maximum absolute atomic E-state index is 12.1. The van der Waals surface area contributed by atoms with Crippen molar-refractivity contribution in [1.82, 2.24) is 9.55 Å². The van der Waals surface area contributed by atoms with Crippen LogP contribution in [0.3, 0.4) is 0 Å². The number of aromatic amines is 1. The minimum absolute atomic E-state index is 0.0654. The number of fused-ring (bicyclic) bond motifs is 2. The molecule has 0 aliphatic carbocycles. The summed E-state index contributed by atoms with van der Waals surface area (Å²) in [7, 11) is 0. The van der Waals surface area contributed by atoms with Crippen molar-refractivity contribution >= 4 is 21.8 Å². The summed E-state index contributed by atoms with van der Waals surface area (Å²) in [5, 5.41) is 2.41. The van der Waals surface area contributed by atoms with Gasteiger partial charge in [0.2, 0.25) is 0 Å². The number of hydrogen-bond donors (Lipinski definition) is 1. The van der Waals surface area contributed by atoms with E-state index in [0.717, 1.165) is 16.6 Å². The molecule has 0 amide bonds. The lowest BCUT2D eigenvalue weighted by Gasteiger charge is -2.05. The van der Waals surface area contributed by atoms with Gasteiger partial charge in [-0.15, -0.1) is 0 Å². The van der Waals surface area contributed by atoms with Gasteiger partial charge in [0.1, 0.15) is 0 Å². The number of imidazole rings is 1. The summed E-state index contributed by atoms with van der Waals surface area (Å²) < 4.78 is 1.78. The van der Waals surface area contributed by atoms with Gasteiger partial charge < -0.3 is 4.98 Å². The molecule has 3 nitrogen and oxygen atoms in total. The van der Waals surface area contributed by atoms with Gasteiger partial charge in [-0.05, 0) is 34.5 Å². The predicted molar refractivity (Wildman–Crippen MR) is 85.6 cm³/mol. The molecule has 0 aliphatic heterocycles. The van der Waals surface area contributed by atoms with Gasteiger partial charge in [0, 0.05) is 0 Å². The monoisotopic (exact) mass is 274 g/mol. The molecular weight excluding hydrogens is 260 g/mol. The molecule has 4 rings (SSSR count). The third-order valence-electron chi connectivity index (χ3n) is 3.84. The summed E-state index contributed by atoms with van der Waals surface area (Å²) in [5.41, 5.74) is 2.88. The van der Waals surface area contributed by atoms with Gasteiger partial charge in [-0.25, -0.2) is 4.79 Å². The Hall–Kier alpha value is -2.81. The summed E-state index contributed by atoms with van der Waals surface area (Å²) >= 11 is 0. The minimum atomic E-state index is -0.0654. The van der Waals surface area contributed by atoms with E-state index in [4.69, 9.17) is 0 Å². The summed E-state index contributed by atoms with van der Waals surface area (Å²) in [6.07, 6.45) is 0. The fourth-order valence-electron chi connectivity index (χ4n) is 2.78. The first-order valence-corrected chi connectivity index (χ1v) is 6.96. The molecule has 4 aromatic rings. The predicted octanol–water partition coefficient (Wildman–Crippen LogP) is 3.53. The highest BCUT2D eigenvalue weighted by Gasteiger charge is 2.06. The Kier molecular flexibility index (Phi) is 2.64. The number of aromatic nitrogens is 2. The molecule has 3 heteroatoms. The molecule has 0 saturated heterocycles. The number of benzene rings is 3. The second kappa shape index (κ2) is 4.63. The van der Waals surface area contributed by atoms with Crippen LogP contribution in [-0.2, 0) is 6.54 Å². The van der Waals surface area contributed by atoms with Gasteiger partial charge in [-0.3, -0.25) is 4.57 Å². The topological polar surface area (TPSA) is 37.8 Å². The van der Waals surface area contributed by atoms with E-state index in [1.165, 1.54) is 10.8 Å². The molecule has 0 fully saturated rings. The maximum Gasteiger partial charge on any atom is 0.326 e. The van der Waals surface area contributed by atoms with Gasteiger partial charge in [-0.1, -0.05) is 48.5 Å². The largest absolute Gasteiger partial charge is 0.326 e. The highest BCUT2D eigenvalue weighted by atomic mass is 16.1. The molecular formula is C18H14N2O. The van der Waals surface area contributed by atoms with Crippen LogP contribution in [0.4, 0.5) is 0 Å². The van der Waals surface area contributed by atoms with E-state index in [2.05, 4.69) is 35.3 Å². The second-order valence-electron chi connectivity index (χ2n) is 5.21. The zero-order valence-electron chi connectivity index (χ0n) is 11.4. The highest BCUT2D eigenvalue weighted by Crippen LogP contribution is 2.17. The molecule has 1 aromatic heterocycles. The fraction of sp³-hybridized carbons (Fsp3) is 0.0556. The molecule has 0 unspecified atom stereocenters. The molecule has 0 spiro atoms. The van der Waals surface area contributed by atoms with Crippen molar-refractivity contribution in [2.45, 2.75) is 6.54 Å². The van der Waals surface area contributed by atoms with E-state index in [-0.39, 0.29) is 5.69 Å². The maximum atomic E-state index is 12.1. The van der Waals surface area contributed by atoms with Crippen LogP contribution >= 0.6 is 0 Å². The molecule has 0 saturated carbocycles. The Bertz CT molecular complexity index is 995. The molecule has 102 valence electrons. The van der Waals surface area contributed by atoms with E-state index < -0.39 is 0 Å². The first kappa shape index (κ1) is 12.0. The SMILES string of the molecule is O=c1[nH]c2ccccc2n1Cc1ccc2ccccc2c1. The van der Waals surface area contributed by atoms with Gasteiger partial charge >= 0.3 is 5.69 Å². The number of hydrogen-bond acceptors (Lipinski definition) is 1. The Balaban J connectivity index is 1.82. The number of rotatable bonds is 2. The standard InChI is InChI=1S/C18H14N2O/c21-18-19-16-7-3-4-8-17(16)20(18)12-13-9-10-14-5-1-2-6-15(14)11-13/h1-11H,12H2,(H,19,21). The van der Waals surface area contributed by atoms with E-state index in [0.29, 0.717) is 6.54 Å². The third-order valence-corrected chi connectivity index (χ3v) is 3.84. The molecule has 3 aromatic carbocycles. The summed E-state index contributed by atoms with van der Waals surface area (Å²) in [4.78, 5) is 15.0. The Morgan fingerprint density at radius 3 is 2.52 bits per heavy atom. The van der Waals surface area contributed by atoms with Crippen molar-refractivity contribution < 1.29 is 0 Å². The smallest absolute Gasteiger partial charge is 0.306 e. The molecule has 21 heavy (non-hydrogen) atoms. The summed E-state index contributed by atoms with van der Waals surface area (Å²) in [5.74, 6) is 0. The lowest BCUT2D eigenvalue weighted by Crippen LogP contribution is -2.17. The van der Waals surface area contributed by atoms with Gasteiger partial charge in [0.15, 0.2) is 0 Å². The zero-order chi connectivity index (χ0) is 14.2. The zero-order valence-corrected chi connectivity index (χ0v) is 11.4. The van der Waals surface area contributed by atoms with Gasteiger partial charge in [-0.2, -0.15) is 0 Å². The van der Waals surface area contributed by atoms with Crippen LogP contribution in [0.15, 0.2) is 71.5 Å². The first-order valence-electron chi connectivity index (χ1n) is 6.96. The normalized spacial score (nSPS) is 11.2. The van der Waals surface area contributed by atoms with Gasteiger partial charge in [0.25, 0.3) is 0 Å². The van der Waals surface area contributed by atoms with Crippen molar-refractivity contribution in [3.05, 3.63) is 82.8 Å². The van der Waals surface area contributed by atoms with Crippen molar-refractivity contribution in [3.8, 4) is 0 Å². The summed E-state index contributed by atoms with van der Waals surface area (Å²) in [6, 6.07) is 22.3. The minimum Gasteiger partial charge on any atom is -0.306 e. The number of para-hydroxylation sites is 2. The van der Waals surface area contributed by atoms with Crippen molar-refractivity contribution in [2.75, 3.05) is 0 Å². The molecule has 0 radical (unpaired) electrons. The Morgan fingerprint density at radius 1 is 0.857 bits per heavy atom. The van der Waals surface area contributed by atoms with Crippen LogP contribution in [-0.4, -0.2) is 9.55 Å². The Labute approximate surface area is 121 Å². The number of nitrogens with zero attached hydrogens (tertiary/aromatic N) is 1. The number of H-pyrrole nitrogens is 1. The van der Waals surface area contributed by atoms with E-state index in [9.17, 15) is 4.79 Å². The van der Waals surface area contributed by atoms with Crippen molar-refractivity contribution in [3.63, 3.8) is 0 Å². The fourth-order valence-corrected chi connectivity index (χ4v) is 2.78. The van der Waals surface area contributed by atoms with Crippen LogP contribution in [0.5, 0.6) is 0 Å². The van der Waals surface area contributed by atoms with Crippen LogP contribution < -0.4 is 5.69 Å². The second-order valence-corrected chi connectivity index (χ2v) is 5.21. The van der Waals surface area contributed by atoms with E-state index in [1.54, 1.807) is 4.57 Å². The quantitative estimate of drug-likeness (QED) is 0.596. The van der Waals surface area contributed by atoms with Gasteiger partial charge in [0.05, 0.1) is 17.6 Å². The summed E-state index contributed by atoms with van der Waals surface area (Å²) in [6.45, 7) is 0.577. The van der Waals surface area contributed by atoms with E-state index in [1.807, 2.05) is 36.4 Å². The number of nitrogens with one attached hydrogen (secondary N) is 1. The average Bonchev–Trinajstić information content (AvgIpc) is 2.83. The van der Waals surface area contributed by atoms with Crippen LogP contribution in [0.2, 0.25) is 0 Å². The lowest BCUT2D eigenvalue weighted by atomic mass is 10.1. The Morgan fingerprint density at radius 2 is 1.62 bits per heavy atom. The van der Waals surface area contributed by atoms with Crippen LogP contribution in [0.25, 0.3) is 21.8 Å². The van der Waals surface area contributed by atoms with Crippen molar-refractivity contribution in [1.29, 1.82) is 0 Å². The molecule has 1 N–H and O–H groups in total. The molecule has 0 atom stereocenters.